The van der Waals surface area contributed by atoms with E-state index in [1.165, 1.54) is 6.08 Å². The van der Waals surface area contributed by atoms with Gasteiger partial charge in [-0.2, -0.15) is 0 Å². The van der Waals surface area contributed by atoms with Crippen molar-refractivity contribution >= 4 is 17.6 Å². The largest absolute Gasteiger partial charge is 0.477 e. The second-order valence-corrected chi connectivity index (χ2v) is 6.38. The summed E-state index contributed by atoms with van der Waals surface area (Å²) >= 11 is 5.89. The number of nitrogens with one attached hydrogen (secondary N) is 1. The minimum absolute atomic E-state index is 0.386. The van der Waals surface area contributed by atoms with Crippen LogP contribution >= 0.6 is 11.6 Å². The molecule has 0 spiro atoms. The van der Waals surface area contributed by atoms with Gasteiger partial charge < -0.3 is 15.2 Å². The number of nitrogens with zero attached hydrogens (tertiary/aromatic N) is 1. The number of allylic oxidation sites excluding steroid dienone is 1. The van der Waals surface area contributed by atoms with Crippen LogP contribution in [0.2, 0.25) is 5.02 Å². The van der Waals surface area contributed by atoms with Crippen LogP contribution in [0.1, 0.15) is 32.6 Å². The Morgan fingerprint density at radius 2 is 1.88 bits per heavy atom. The molecule has 7 heteroatoms. The summed E-state index contributed by atoms with van der Waals surface area (Å²) in [4.78, 5) is 11.3. The van der Waals surface area contributed by atoms with Gasteiger partial charge in [0.05, 0.1) is 18.9 Å². The number of hydrogen-bond donors (Lipinski definition) is 2. The lowest BCUT2D eigenvalue weighted by atomic mass is 10.2. The molecule has 0 fully saturated rings. The number of rotatable bonds is 10. The van der Waals surface area contributed by atoms with Gasteiger partial charge in [-0.05, 0) is 50.3 Å². The minimum Gasteiger partial charge on any atom is -0.477 e. The van der Waals surface area contributed by atoms with Crippen molar-refractivity contribution < 1.29 is 14.3 Å². The van der Waals surface area contributed by atoms with Crippen LogP contribution in [0.15, 0.2) is 42.1 Å². The topological polar surface area (TPSA) is 90.2 Å². The molecule has 140 valence electrons. The van der Waals surface area contributed by atoms with Gasteiger partial charge in [0.2, 0.25) is 5.88 Å². The third-order valence-electron chi connectivity index (χ3n) is 3.59. The number of hydrogen-bond acceptors (Lipinski definition) is 5. The highest BCUT2D eigenvalue weighted by Gasteiger charge is 2.04. The van der Waals surface area contributed by atoms with E-state index in [4.69, 9.17) is 26.8 Å². The summed E-state index contributed by atoms with van der Waals surface area (Å²) in [6.45, 7) is 2.66. The van der Waals surface area contributed by atoms with Gasteiger partial charge in [-0.25, -0.2) is 4.79 Å². The number of aromatic nitrogens is 2. The Morgan fingerprint density at radius 1 is 1.19 bits per heavy atom. The highest BCUT2D eigenvalue weighted by Crippen LogP contribution is 2.22. The van der Waals surface area contributed by atoms with Gasteiger partial charge in [0.1, 0.15) is 0 Å². The Balaban J connectivity index is 1.57. The summed E-state index contributed by atoms with van der Waals surface area (Å²) in [5.41, 5.74) is 7.74. The molecule has 0 atom stereocenters. The van der Waals surface area contributed by atoms with Crippen LogP contribution in [-0.4, -0.2) is 29.4 Å². The first-order valence-corrected chi connectivity index (χ1v) is 8.97. The molecule has 0 saturated heterocycles. The Kier molecular flexibility index (Phi) is 8.02. The summed E-state index contributed by atoms with van der Waals surface area (Å²) < 4.78 is 10.7. The van der Waals surface area contributed by atoms with Crippen molar-refractivity contribution in [1.82, 2.24) is 10.2 Å². The van der Waals surface area contributed by atoms with Crippen LogP contribution in [0.25, 0.3) is 11.3 Å². The third kappa shape index (κ3) is 7.19. The molecule has 2 rings (SSSR count). The second kappa shape index (κ2) is 10.5. The van der Waals surface area contributed by atoms with Gasteiger partial charge >= 0.3 is 5.97 Å². The highest BCUT2D eigenvalue weighted by atomic mass is 35.5. The van der Waals surface area contributed by atoms with Crippen molar-refractivity contribution in [3.63, 3.8) is 0 Å². The number of benzene rings is 1. The van der Waals surface area contributed by atoms with Gasteiger partial charge in [0.25, 0.3) is 0 Å². The number of aromatic amines is 1. The summed E-state index contributed by atoms with van der Waals surface area (Å²) in [5.74, 6) is 0.191. The molecule has 6 nitrogen and oxygen atoms in total. The fraction of sp³-hybridized carbons (Fsp3) is 0.368. The van der Waals surface area contributed by atoms with Gasteiger partial charge in [-0.15, -0.1) is 5.10 Å². The average molecular weight is 378 g/mol. The van der Waals surface area contributed by atoms with Crippen molar-refractivity contribution in [2.24, 2.45) is 5.73 Å². The van der Waals surface area contributed by atoms with E-state index in [0.717, 1.165) is 36.9 Å². The van der Waals surface area contributed by atoms with E-state index < -0.39 is 0 Å². The van der Waals surface area contributed by atoms with Gasteiger partial charge in [-0.1, -0.05) is 23.7 Å². The summed E-state index contributed by atoms with van der Waals surface area (Å²) in [5, 5.41) is 7.81. The molecule has 26 heavy (non-hydrogen) atoms. The summed E-state index contributed by atoms with van der Waals surface area (Å²) in [6.07, 6.45) is 5.00. The molecule has 0 aliphatic rings. The lowest BCUT2D eigenvalue weighted by Gasteiger charge is -2.04. The predicted molar refractivity (Wildman–Crippen MR) is 102 cm³/mol. The van der Waals surface area contributed by atoms with Gasteiger partial charge in [0, 0.05) is 22.9 Å². The van der Waals surface area contributed by atoms with E-state index in [1.54, 1.807) is 6.92 Å². The zero-order valence-corrected chi connectivity index (χ0v) is 15.6. The molecule has 3 N–H and O–H groups in total. The Hall–Kier alpha value is -2.47. The van der Waals surface area contributed by atoms with Gasteiger partial charge in [-0.3, -0.25) is 5.10 Å². The molecule has 2 aromatic rings. The number of carbonyl (C=O) groups is 1. The van der Waals surface area contributed by atoms with Crippen molar-refractivity contribution in [3.8, 4) is 17.1 Å². The van der Waals surface area contributed by atoms with Crippen LogP contribution < -0.4 is 10.5 Å². The van der Waals surface area contributed by atoms with E-state index in [0.29, 0.717) is 29.8 Å². The minimum atomic E-state index is -0.386. The average Bonchev–Trinajstić information content (AvgIpc) is 3.06. The fourth-order valence-electron chi connectivity index (χ4n) is 2.29. The van der Waals surface area contributed by atoms with Crippen molar-refractivity contribution in [2.75, 3.05) is 13.2 Å². The molecule has 0 aliphatic carbocycles. The smallest absolute Gasteiger partial charge is 0.332 e. The van der Waals surface area contributed by atoms with E-state index in [1.807, 2.05) is 30.3 Å². The van der Waals surface area contributed by atoms with Crippen molar-refractivity contribution in [1.29, 1.82) is 0 Å². The second-order valence-electron chi connectivity index (χ2n) is 5.95. The molecule has 0 saturated carbocycles. The lowest BCUT2D eigenvalue weighted by molar-refractivity contribution is -0.137. The SMILES string of the molecule is C/C(N)=C/C(=O)OCCCCCCOc1cc(-c2ccc(Cl)cc2)[nH]n1. The molecule has 1 aromatic heterocycles. The quantitative estimate of drug-likeness (QED) is 0.370. The van der Waals surface area contributed by atoms with Crippen LogP contribution in [-0.2, 0) is 9.53 Å². The van der Waals surface area contributed by atoms with E-state index in [2.05, 4.69) is 10.2 Å². The third-order valence-corrected chi connectivity index (χ3v) is 3.84. The van der Waals surface area contributed by atoms with Gasteiger partial charge in [0.15, 0.2) is 0 Å². The number of carbonyl (C=O) groups excluding carboxylic acids is 1. The maximum atomic E-state index is 11.3. The molecule has 0 radical (unpaired) electrons. The Morgan fingerprint density at radius 3 is 2.58 bits per heavy atom. The zero-order valence-electron chi connectivity index (χ0n) is 14.8. The van der Waals surface area contributed by atoms with Crippen LogP contribution in [0.4, 0.5) is 0 Å². The first-order valence-electron chi connectivity index (χ1n) is 8.59. The lowest BCUT2D eigenvalue weighted by Crippen LogP contribution is -2.05. The standard InChI is InChI=1S/C19H24ClN3O3/c1-14(21)12-19(24)26-11-5-3-2-4-10-25-18-13-17(22-23-18)15-6-8-16(20)9-7-15/h6-9,12-13H,2-5,10-11,21H2,1H3,(H,22,23)/b14-12-. The first-order chi connectivity index (χ1) is 12.5. The predicted octanol–water partition coefficient (Wildman–Crippen LogP) is 4.08. The highest BCUT2D eigenvalue weighted by molar-refractivity contribution is 6.30. The van der Waals surface area contributed by atoms with Crippen LogP contribution in [0.3, 0.4) is 0 Å². The molecule has 0 unspecified atom stereocenters. The number of esters is 1. The van der Waals surface area contributed by atoms with Crippen LogP contribution in [0.5, 0.6) is 5.88 Å². The molecule has 1 aromatic carbocycles. The fourth-order valence-corrected chi connectivity index (χ4v) is 2.42. The molecular formula is C19H24ClN3O3. The molecular weight excluding hydrogens is 354 g/mol. The van der Waals surface area contributed by atoms with E-state index >= 15 is 0 Å². The summed E-state index contributed by atoms with van der Waals surface area (Å²) in [7, 11) is 0. The first kappa shape index (κ1) is 19.8. The number of H-pyrrole nitrogens is 1. The van der Waals surface area contributed by atoms with Crippen LogP contribution in [0, 0.1) is 0 Å². The zero-order chi connectivity index (χ0) is 18.8. The van der Waals surface area contributed by atoms with E-state index in [9.17, 15) is 4.79 Å². The normalized spacial score (nSPS) is 11.4. The molecule has 0 aliphatic heterocycles. The molecule has 0 bridgehead atoms. The molecule has 0 amide bonds. The van der Waals surface area contributed by atoms with Crippen molar-refractivity contribution in [3.05, 3.63) is 47.1 Å². The number of ether oxygens (including phenoxy) is 2. The number of unbranched alkanes of at least 4 members (excludes halogenated alkanes) is 3. The number of halogens is 1. The maximum absolute atomic E-state index is 11.3. The Labute approximate surface area is 158 Å². The number of nitrogens with two attached hydrogens (primary N) is 1. The molecule has 1 heterocycles. The van der Waals surface area contributed by atoms with E-state index in [-0.39, 0.29) is 5.97 Å². The van der Waals surface area contributed by atoms with Crippen molar-refractivity contribution in [2.45, 2.75) is 32.6 Å². The Bertz CT molecular complexity index is 722. The maximum Gasteiger partial charge on any atom is 0.332 e. The summed E-state index contributed by atoms with van der Waals surface area (Å²) in [6, 6.07) is 9.40. The monoisotopic (exact) mass is 377 g/mol.